The number of rotatable bonds is 2. The average Bonchev–Trinajstić information content (AvgIpc) is 2.57. The summed E-state index contributed by atoms with van der Waals surface area (Å²) in [5, 5.41) is 8.75. The lowest BCUT2D eigenvalue weighted by atomic mass is 10.2. The van der Waals surface area contributed by atoms with Crippen molar-refractivity contribution in [3.8, 4) is 0 Å². The first-order valence-electron chi connectivity index (χ1n) is 3.93. The molecule has 0 fully saturated rings. The lowest BCUT2D eigenvalue weighted by Gasteiger charge is -1.99. The van der Waals surface area contributed by atoms with E-state index < -0.39 is 0 Å². The highest BCUT2D eigenvalue weighted by Gasteiger charge is 1.96. The molecule has 2 aromatic rings. The predicted molar refractivity (Wildman–Crippen MR) is 50.6 cm³/mol. The summed E-state index contributed by atoms with van der Waals surface area (Å²) in [6.45, 7) is 0.660. The third-order valence-electron chi connectivity index (χ3n) is 1.68. The van der Waals surface area contributed by atoms with E-state index in [4.69, 9.17) is 11.6 Å². The van der Waals surface area contributed by atoms with Crippen molar-refractivity contribution in [1.29, 1.82) is 0 Å². The van der Waals surface area contributed by atoms with E-state index in [-0.39, 0.29) is 0 Å². The number of aromatic nitrogens is 3. The first-order valence-corrected chi connectivity index (χ1v) is 4.31. The van der Waals surface area contributed by atoms with Gasteiger partial charge in [-0.15, -0.1) is 0 Å². The van der Waals surface area contributed by atoms with Crippen molar-refractivity contribution in [2.24, 2.45) is 0 Å². The molecule has 0 aliphatic heterocycles. The van der Waals surface area contributed by atoms with Crippen LogP contribution in [0.15, 0.2) is 36.7 Å². The Morgan fingerprint density at radius 2 is 2.00 bits per heavy atom. The Bertz CT molecular complexity index is 384. The maximum absolute atomic E-state index is 5.83. The molecule has 0 saturated carbocycles. The van der Waals surface area contributed by atoms with E-state index >= 15 is 0 Å². The molecule has 0 atom stereocenters. The van der Waals surface area contributed by atoms with Crippen molar-refractivity contribution in [3.63, 3.8) is 0 Å². The molecule has 0 unspecified atom stereocenters. The molecule has 1 heterocycles. The van der Waals surface area contributed by atoms with Crippen LogP contribution < -0.4 is 0 Å². The Labute approximate surface area is 81.0 Å². The summed E-state index contributed by atoms with van der Waals surface area (Å²) in [6.07, 6.45) is 3.31. The summed E-state index contributed by atoms with van der Waals surface area (Å²) in [4.78, 5) is 1.62. The largest absolute Gasteiger partial charge is 0.180 e. The van der Waals surface area contributed by atoms with Crippen molar-refractivity contribution in [3.05, 3.63) is 47.2 Å². The fourth-order valence-electron chi connectivity index (χ4n) is 1.12. The van der Waals surface area contributed by atoms with Gasteiger partial charge in [0.05, 0.1) is 18.9 Å². The van der Waals surface area contributed by atoms with Gasteiger partial charge in [-0.1, -0.05) is 23.7 Å². The Kier molecular flexibility index (Phi) is 2.27. The Hall–Kier alpha value is -1.35. The maximum Gasteiger partial charge on any atom is 0.0857 e. The molecular weight excluding hydrogens is 186 g/mol. The maximum atomic E-state index is 5.83. The van der Waals surface area contributed by atoms with E-state index in [0.29, 0.717) is 6.54 Å². The first-order chi connectivity index (χ1) is 6.34. The van der Waals surface area contributed by atoms with Gasteiger partial charge in [-0.25, -0.2) is 0 Å². The summed E-state index contributed by atoms with van der Waals surface area (Å²) in [5.74, 6) is 0. The van der Waals surface area contributed by atoms with Gasteiger partial charge in [-0.3, -0.25) is 0 Å². The summed E-state index contributed by atoms with van der Waals surface area (Å²) >= 11 is 5.83. The van der Waals surface area contributed by atoms with Gasteiger partial charge in [-0.2, -0.15) is 15.0 Å². The molecule has 0 saturated heterocycles. The van der Waals surface area contributed by atoms with Crippen LogP contribution in [0, 0.1) is 0 Å². The van der Waals surface area contributed by atoms with Gasteiger partial charge in [0.1, 0.15) is 0 Å². The lowest BCUT2D eigenvalue weighted by molar-refractivity contribution is 0.591. The molecule has 13 heavy (non-hydrogen) atoms. The number of hydrogen-bond donors (Lipinski definition) is 0. The van der Waals surface area contributed by atoms with Crippen LogP contribution in [0.1, 0.15) is 5.56 Å². The van der Waals surface area contributed by atoms with Crippen molar-refractivity contribution in [2.45, 2.75) is 6.54 Å². The monoisotopic (exact) mass is 193 g/mol. The second kappa shape index (κ2) is 3.58. The van der Waals surface area contributed by atoms with E-state index in [2.05, 4.69) is 10.2 Å². The molecule has 0 N–H and O–H groups in total. The molecule has 1 aromatic carbocycles. The number of benzene rings is 1. The number of nitrogens with zero attached hydrogens (tertiary/aromatic N) is 3. The van der Waals surface area contributed by atoms with Crippen LogP contribution >= 0.6 is 11.6 Å². The van der Waals surface area contributed by atoms with E-state index in [0.717, 1.165) is 10.6 Å². The SMILES string of the molecule is Clc1cccc(Cn2nccn2)c1. The van der Waals surface area contributed by atoms with Crippen LogP contribution in [0.25, 0.3) is 0 Å². The van der Waals surface area contributed by atoms with Crippen LogP contribution in [0.5, 0.6) is 0 Å². The average molecular weight is 194 g/mol. The first kappa shape index (κ1) is 8.26. The third-order valence-corrected chi connectivity index (χ3v) is 1.91. The van der Waals surface area contributed by atoms with Crippen LogP contribution in [0.4, 0.5) is 0 Å². The van der Waals surface area contributed by atoms with Gasteiger partial charge in [-0.05, 0) is 17.7 Å². The Morgan fingerprint density at radius 1 is 1.23 bits per heavy atom. The minimum absolute atomic E-state index is 0.660. The molecule has 0 aliphatic rings. The molecule has 0 bridgehead atoms. The molecule has 66 valence electrons. The van der Waals surface area contributed by atoms with Crippen molar-refractivity contribution in [2.75, 3.05) is 0 Å². The Balaban J connectivity index is 2.19. The molecular formula is C9H8ClN3. The summed E-state index contributed by atoms with van der Waals surface area (Å²) < 4.78 is 0. The minimum Gasteiger partial charge on any atom is -0.180 e. The smallest absolute Gasteiger partial charge is 0.0857 e. The second-order valence-electron chi connectivity index (χ2n) is 2.69. The third kappa shape index (κ3) is 2.06. The molecule has 1 aromatic heterocycles. The molecule has 2 rings (SSSR count). The zero-order valence-electron chi connectivity index (χ0n) is 6.89. The van der Waals surface area contributed by atoms with Gasteiger partial charge >= 0.3 is 0 Å². The molecule has 0 aliphatic carbocycles. The van der Waals surface area contributed by atoms with Crippen LogP contribution in [-0.4, -0.2) is 15.0 Å². The molecule has 0 amide bonds. The lowest BCUT2D eigenvalue weighted by Crippen LogP contribution is -2.02. The zero-order valence-corrected chi connectivity index (χ0v) is 7.65. The van der Waals surface area contributed by atoms with Gasteiger partial charge in [0.15, 0.2) is 0 Å². The molecule has 0 radical (unpaired) electrons. The van der Waals surface area contributed by atoms with E-state index in [1.54, 1.807) is 17.2 Å². The van der Waals surface area contributed by atoms with E-state index in [1.165, 1.54) is 0 Å². The van der Waals surface area contributed by atoms with Gasteiger partial charge in [0.25, 0.3) is 0 Å². The van der Waals surface area contributed by atoms with Gasteiger partial charge in [0, 0.05) is 5.02 Å². The molecule has 4 heteroatoms. The van der Waals surface area contributed by atoms with E-state index in [1.807, 2.05) is 24.3 Å². The summed E-state index contributed by atoms with van der Waals surface area (Å²) in [7, 11) is 0. The van der Waals surface area contributed by atoms with Gasteiger partial charge < -0.3 is 0 Å². The summed E-state index contributed by atoms with van der Waals surface area (Å²) in [6, 6.07) is 7.67. The highest BCUT2D eigenvalue weighted by atomic mass is 35.5. The minimum atomic E-state index is 0.660. The summed E-state index contributed by atoms with van der Waals surface area (Å²) in [5.41, 5.74) is 1.10. The number of hydrogen-bond acceptors (Lipinski definition) is 2. The second-order valence-corrected chi connectivity index (χ2v) is 3.13. The van der Waals surface area contributed by atoms with Crippen LogP contribution in [-0.2, 0) is 6.54 Å². The van der Waals surface area contributed by atoms with Crippen molar-refractivity contribution < 1.29 is 0 Å². The fourth-order valence-corrected chi connectivity index (χ4v) is 1.34. The van der Waals surface area contributed by atoms with E-state index in [9.17, 15) is 0 Å². The van der Waals surface area contributed by atoms with Crippen LogP contribution in [0.2, 0.25) is 5.02 Å². The highest BCUT2D eigenvalue weighted by Crippen LogP contribution is 2.10. The topological polar surface area (TPSA) is 30.7 Å². The predicted octanol–water partition coefficient (Wildman–Crippen LogP) is 1.98. The quantitative estimate of drug-likeness (QED) is 0.730. The Morgan fingerprint density at radius 3 is 2.69 bits per heavy atom. The van der Waals surface area contributed by atoms with Crippen molar-refractivity contribution in [1.82, 2.24) is 15.0 Å². The molecule has 0 spiro atoms. The standard InChI is InChI=1S/C9H8ClN3/c10-9-3-1-2-8(6-9)7-13-11-4-5-12-13/h1-6H,7H2. The van der Waals surface area contributed by atoms with Crippen molar-refractivity contribution >= 4 is 11.6 Å². The normalized spacial score (nSPS) is 10.2. The zero-order chi connectivity index (χ0) is 9.10. The van der Waals surface area contributed by atoms with Gasteiger partial charge in [0.2, 0.25) is 0 Å². The highest BCUT2D eigenvalue weighted by molar-refractivity contribution is 6.30. The molecule has 3 nitrogen and oxygen atoms in total. The van der Waals surface area contributed by atoms with Crippen LogP contribution in [0.3, 0.4) is 0 Å². The fraction of sp³-hybridized carbons (Fsp3) is 0.111. The number of halogens is 1.